The molecule has 26 heavy (non-hydrogen) atoms. The molecule has 0 radical (unpaired) electrons. The molecule has 0 aromatic heterocycles. The van der Waals surface area contributed by atoms with Crippen LogP contribution in [0, 0.1) is 0 Å². The highest BCUT2D eigenvalue weighted by Crippen LogP contribution is 2.41. The fourth-order valence-electron chi connectivity index (χ4n) is 5.34. The molecule has 0 spiro atoms. The summed E-state index contributed by atoms with van der Waals surface area (Å²) in [6.45, 7) is 5.81. The third kappa shape index (κ3) is 4.97. The summed E-state index contributed by atoms with van der Waals surface area (Å²) in [5.74, 6) is 0.560. The second-order valence-electron chi connectivity index (χ2n) is 8.48. The second-order valence-corrected chi connectivity index (χ2v) is 9.30. The first-order valence-corrected chi connectivity index (χ1v) is 11.6. The van der Waals surface area contributed by atoms with Crippen LogP contribution in [0.2, 0.25) is 10.0 Å². The second kappa shape index (κ2) is 9.80. The molecule has 0 heterocycles. The van der Waals surface area contributed by atoms with Gasteiger partial charge < -0.3 is 0 Å². The van der Waals surface area contributed by atoms with Crippen LogP contribution >= 0.6 is 23.2 Å². The van der Waals surface area contributed by atoms with Gasteiger partial charge in [0.1, 0.15) is 0 Å². The van der Waals surface area contributed by atoms with Crippen molar-refractivity contribution < 1.29 is 0 Å². The van der Waals surface area contributed by atoms with E-state index in [1.807, 2.05) is 0 Å². The van der Waals surface area contributed by atoms with E-state index in [2.05, 4.69) is 30.9 Å². The van der Waals surface area contributed by atoms with Crippen molar-refractivity contribution in [3.05, 3.63) is 33.3 Å². The molecular formula is C23H35Cl2N. The number of rotatable bonds is 6. The number of halogens is 2. The maximum absolute atomic E-state index is 6.72. The van der Waals surface area contributed by atoms with Crippen molar-refractivity contribution in [2.24, 2.45) is 0 Å². The summed E-state index contributed by atoms with van der Waals surface area (Å²) in [6, 6.07) is 5.69. The summed E-state index contributed by atoms with van der Waals surface area (Å²) in [5.41, 5.74) is 2.50. The van der Waals surface area contributed by atoms with Crippen LogP contribution in [-0.2, 0) is 6.42 Å². The summed E-state index contributed by atoms with van der Waals surface area (Å²) in [6.07, 6.45) is 14.4. The molecule has 2 aliphatic carbocycles. The van der Waals surface area contributed by atoms with Gasteiger partial charge in [0, 0.05) is 22.1 Å². The minimum absolute atomic E-state index is 0.538. The number of nitrogens with zero attached hydrogens (tertiary/aromatic N) is 1. The van der Waals surface area contributed by atoms with E-state index >= 15 is 0 Å². The Hall–Kier alpha value is -0.240. The molecule has 2 aliphatic rings. The SMILES string of the molecule is CCN(C(C)Cc1cc(Cl)c(C2CCCCC2)c(Cl)c1)C1CCCCC1. The lowest BCUT2D eigenvalue weighted by Gasteiger charge is -2.38. The largest absolute Gasteiger partial charge is 0.298 e. The molecule has 3 rings (SSSR count). The summed E-state index contributed by atoms with van der Waals surface area (Å²) in [5, 5.41) is 1.79. The van der Waals surface area contributed by atoms with Crippen LogP contribution in [0.5, 0.6) is 0 Å². The van der Waals surface area contributed by atoms with Gasteiger partial charge in [-0.05, 0) is 74.8 Å². The first-order valence-electron chi connectivity index (χ1n) is 10.8. The first kappa shape index (κ1) is 20.5. The van der Waals surface area contributed by atoms with Gasteiger partial charge in [0.2, 0.25) is 0 Å². The average Bonchev–Trinajstić information content (AvgIpc) is 2.63. The fourth-order valence-corrected chi connectivity index (χ4v) is 6.18. The smallest absolute Gasteiger partial charge is 0.0458 e. The fraction of sp³-hybridized carbons (Fsp3) is 0.739. The van der Waals surface area contributed by atoms with Gasteiger partial charge in [-0.1, -0.05) is 68.7 Å². The predicted molar refractivity (Wildman–Crippen MR) is 115 cm³/mol. The average molecular weight is 396 g/mol. The molecule has 0 amide bonds. The Morgan fingerprint density at radius 3 is 2.00 bits per heavy atom. The molecule has 0 aliphatic heterocycles. The summed E-state index contributed by atoms with van der Waals surface area (Å²) >= 11 is 13.4. The minimum atomic E-state index is 0.538. The lowest BCUT2D eigenvalue weighted by Crippen LogP contribution is -2.43. The number of benzene rings is 1. The lowest BCUT2D eigenvalue weighted by molar-refractivity contribution is 0.119. The van der Waals surface area contributed by atoms with E-state index in [9.17, 15) is 0 Å². The zero-order valence-electron chi connectivity index (χ0n) is 16.6. The van der Waals surface area contributed by atoms with Crippen LogP contribution in [0.1, 0.15) is 95.1 Å². The van der Waals surface area contributed by atoms with E-state index in [4.69, 9.17) is 23.2 Å². The van der Waals surface area contributed by atoms with E-state index in [1.165, 1.54) is 75.3 Å². The molecule has 2 fully saturated rings. The lowest BCUT2D eigenvalue weighted by atomic mass is 9.83. The summed E-state index contributed by atoms with van der Waals surface area (Å²) < 4.78 is 0. The molecule has 0 saturated heterocycles. The number of hydrogen-bond donors (Lipinski definition) is 0. The van der Waals surface area contributed by atoms with Gasteiger partial charge in [0.05, 0.1) is 0 Å². The van der Waals surface area contributed by atoms with Gasteiger partial charge in [-0.15, -0.1) is 0 Å². The Labute approximate surface area is 170 Å². The molecular weight excluding hydrogens is 361 g/mol. The molecule has 0 N–H and O–H groups in total. The third-order valence-corrected chi connectivity index (χ3v) is 7.28. The normalized spacial score (nSPS) is 21.3. The Kier molecular flexibility index (Phi) is 7.73. The first-order chi connectivity index (χ1) is 12.6. The van der Waals surface area contributed by atoms with E-state index < -0.39 is 0 Å². The van der Waals surface area contributed by atoms with Crippen molar-refractivity contribution >= 4 is 23.2 Å². The maximum Gasteiger partial charge on any atom is 0.0458 e. The summed E-state index contributed by atoms with van der Waals surface area (Å²) in [4.78, 5) is 2.70. The van der Waals surface area contributed by atoms with Crippen LogP contribution in [0.4, 0.5) is 0 Å². The number of likely N-dealkylation sites (N-methyl/N-ethyl adjacent to an activating group) is 1. The molecule has 1 aromatic rings. The van der Waals surface area contributed by atoms with Crippen molar-refractivity contribution in [2.45, 2.75) is 102 Å². The van der Waals surface area contributed by atoms with Crippen LogP contribution in [0.3, 0.4) is 0 Å². The Morgan fingerprint density at radius 1 is 0.923 bits per heavy atom. The highest BCUT2D eigenvalue weighted by atomic mass is 35.5. The molecule has 1 atom stereocenters. The van der Waals surface area contributed by atoms with E-state index in [0.717, 1.165) is 29.1 Å². The molecule has 3 heteroatoms. The van der Waals surface area contributed by atoms with Gasteiger partial charge in [-0.2, -0.15) is 0 Å². The van der Waals surface area contributed by atoms with Crippen LogP contribution < -0.4 is 0 Å². The third-order valence-electron chi connectivity index (χ3n) is 6.66. The Balaban J connectivity index is 1.70. The standard InChI is InChI=1S/C23H35Cl2N/c1-3-26(20-12-8-5-9-13-20)17(2)14-18-15-21(24)23(22(25)16-18)19-10-6-4-7-11-19/h15-17,19-20H,3-14H2,1-2H3. The van der Waals surface area contributed by atoms with Crippen LogP contribution in [0.25, 0.3) is 0 Å². The van der Waals surface area contributed by atoms with Gasteiger partial charge in [0.25, 0.3) is 0 Å². The van der Waals surface area contributed by atoms with Crippen molar-refractivity contribution in [1.29, 1.82) is 0 Å². The van der Waals surface area contributed by atoms with E-state index in [1.54, 1.807) is 0 Å². The van der Waals surface area contributed by atoms with Crippen LogP contribution in [-0.4, -0.2) is 23.5 Å². The van der Waals surface area contributed by atoms with E-state index in [-0.39, 0.29) is 0 Å². The van der Waals surface area contributed by atoms with Crippen molar-refractivity contribution in [3.8, 4) is 0 Å². The predicted octanol–water partition coefficient (Wildman–Crippen LogP) is 7.63. The highest BCUT2D eigenvalue weighted by Gasteiger charge is 2.25. The van der Waals surface area contributed by atoms with E-state index in [0.29, 0.717) is 12.0 Å². The molecule has 146 valence electrons. The van der Waals surface area contributed by atoms with Crippen molar-refractivity contribution in [1.82, 2.24) is 4.90 Å². The maximum atomic E-state index is 6.72. The minimum Gasteiger partial charge on any atom is -0.298 e. The van der Waals surface area contributed by atoms with Crippen molar-refractivity contribution in [3.63, 3.8) is 0 Å². The Bertz CT molecular complexity index is 551. The highest BCUT2D eigenvalue weighted by molar-refractivity contribution is 6.36. The molecule has 2 saturated carbocycles. The zero-order valence-corrected chi connectivity index (χ0v) is 18.1. The van der Waals surface area contributed by atoms with Gasteiger partial charge in [0.15, 0.2) is 0 Å². The topological polar surface area (TPSA) is 3.24 Å². The molecule has 1 aromatic carbocycles. The molecule has 0 bridgehead atoms. The van der Waals surface area contributed by atoms with Gasteiger partial charge >= 0.3 is 0 Å². The molecule has 1 unspecified atom stereocenters. The zero-order chi connectivity index (χ0) is 18.5. The van der Waals surface area contributed by atoms with Gasteiger partial charge in [-0.3, -0.25) is 4.90 Å². The van der Waals surface area contributed by atoms with Gasteiger partial charge in [-0.25, -0.2) is 0 Å². The summed E-state index contributed by atoms with van der Waals surface area (Å²) in [7, 11) is 0. The van der Waals surface area contributed by atoms with Crippen LogP contribution in [0.15, 0.2) is 12.1 Å². The quantitative estimate of drug-likeness (QED) is 0.478. The van der Waals surface area contributed by atoms with Crippen molar-refractivity contribution in [2.75, 3.05) is 6.54 Å². The monoisotopic (exact) mass is 395 g/mol. The molecule has 1 nitrogen and oxygen atoms in total. The Morgan fingerprint density at radius 2 is 1.46 bits per heavy atom. The number of hydrogen-bond acceptors (Lipinski definition) is 1.